The molecule has 0 radical (unpaired) electrons. The molecule has 0 unspecified atom stereocenters. The van der Waals surface area contributed by atoms with E-state index in [0.717, 1.165) is 69.7 Å². The van der Waals surface area contributed by atoms with Crippen molar-refractivity contribution in [2.75, 3.05) is 51.1 Å². The minimum absolute atomic E-state index is 0.0694. The Morgan fingerprint density at radius 2 is 1.75 bits per heavy atom. The average Bonchev–Trinajstić information content (AvgIpc) is 3.65. The van der Waals surface area contributed by atoms with Crippen LogP contribution in [-0.2, 0) is 19.1 Å². The van der Waals surface area contributed by atoms with Gasteiger partial charge in [0.1, 0.15) is 11.6 Å². The van der Waals surface area contributed by atoms with Gasteiger partial charge < -0.3 is 30.1 Å². The molecule has 1 aromatic carbocycles. The number of likely N-dealkylation sites (tertiary alicyclic amines) is 1. The molecule has 6 rings (SSSR count). The highest BCUT2D eigenvalue weighted by Gasteiger charge is 2.72. The average molecular weight is 606 g/mol. The van der Waals surface area contributed by atoms with Crippen LogP contribution in [0, 0.1) is 37.5 Å². The lowest BCUT2D eigenvalue weighted by atomic mass is 9.73. The van der Waals surface area contributed by atoms with Crippen molar-refractivity contribution in [1.82, 2.24) is 20.0 Å². The maximum Gasteiger partial charge on any atom is 0.246 e. The Labute approximate surface area is 262 Å². The Kier molecular flexibility index (Phi) is 8.92. The number of hydrogen-bond acceptors (Lipinski definition) is 6. The zero-order valence-electron chi connectivity index (χ0n) is 27.2. The van der Waals surface area contributed by atoms with E-state index in [1.54, 1.807) is 4.90 Å². The summed E-state index contributed by atoms with van der Waals surface area (Å²) in [6.45, 7) is 17.3. The molecule has 0 aromatic heterocycles. The molecule has 240 valence electrons. The van der Waals surface area contributed by atoms with Gasteiger partial charge in [-0.25, -0.2) is 0 Å². The van der Waals surface area contributed by atoms with E-state index in [-0.39, 0.29) is 23.8 Å². The number of likely N-dealkylation sites (N-methyl/N-ethyl adjacent to an activating group) is 1. The maximum absolute atomic E-state index is 14.4. The number of piperazine rings is 1. The number of nitrogens with one attached hydrogen (secondary N) is 2. The highest BCUT2D eigenvalue weighted by molar-refractivity contribution is 6.02. The van der Waals surface area contributed by atoms with Gasteiger partial charge in [-0.05, 0) is 74.9 Å². The van der Waals surface area contributed by atoms with Gasteiger partial charge in [0.25, 0.3) is 0 Å². The summed E-state index contributed by atoms with van der Waals surface area (Å²) in [7, 11) is 0. The van der Waals surface area contributed by atoms with E-state index < -0.39 is 29.6 Å². The van der Waals surface area contributed by atoms with Gasteiger partial charge in [0.05, 0.1) is 17.9 Å². The van der Waals surface area contributed by atoms with Crippen LogP contribution < -0.4 is 10.6 Å². The normalized spacial score (nSPS) is 35.2. The summed E-state index contributed by atoms with van der Waals surface area (Å²) >= 11 is 0. The molecule has 2 bridgehead atoms. The third-order valence-electron chi connectivity index (χ3n) is 11.5. The second-order valence-electron chi connectivity index (χ2n) is 14.0. The number of hydrogen-bond donors (Lipinski definition) is 2. The number of anilines is 1. The topological polar surface area (TPSA) is 94.2 Å². The fraction of sp³-hybridized carbons (Fsp3) is 0.686. The zero-order chi connectivity index (χ0) is 31.2. The molecule has 3 amide bonds. The summed E-state index contributed by atoms with van der Waals surface area (Å²) < 4.78 is 6.58. The SMILES string of the molecule is CCN1CCN(CCCN2C(=O)[C@@H]3[C@H](C(=O)Nc4ccc(C)c(C)c4)[C@@H]4C=C[C@@]3(O4)[C@@H]2C(=O)N[C@@H]2CCC[C@@H](C)[C@@H]2C)CC1. The van der Waals surface area contributed by atoms with Gasteiger partial charge in [-0.15, -0.1) is 0 Å². The van der Waals surface area contributed by atoms with Crippen molar-refractivity contribution in [3.05, 3.63) is 41.5 Å². The summed E-state index contributed by atoms with van der Waals surface area (Å²) in [6.07, 6.45) is 7.26. The zero-order valence-corrected chi connectivity index (χ0v) is 27.2. The molecule has 4 aliphatic heterocycles. The fourth-order valence-electron chi connectivity index (χ4n) is 8.39. The van der Waals surface area contributed by atoms with Crippen LogP contribution >= 0.6 is 0 Å². The van der Waals surface area contributed by atoms with Crippen molar-refractivity contribution in [2.24, 2.45) is 23.7 Å². The molecule has 9 nitrogen and oxygen atoms in total. The van der Waals surface area contributed by atoms with Crippen molar-refractivity contribution >= 4 is 23.4 Å². The lowest BCUT2D eigenvalue weighted by Crippen LogP contribution is -2.58. The minimum Gasteiger partial charge on any atom is -0.359 e. The molecule has 8 atom stereocenters. The quantitative estimate of drug-likeness (QED) is 0.420. The second kappa shape index (κ2) is 12.6. The van der Waals surface area contributed by atoms with E-state index in [2.05, 4.69) is 41.2 Å². The summed E-state index contributed by atoms with van der Waals surface area (Å²) in [5.41, 5.74) is 1.81. The van der Waals surface area contributed by atoms with E-state index in [1.165, 1.54) is 6.42 Å². The summed E-state index contributed by atoms with van der Waals surface area (Å²) in [4.78, 5) is 49.1. The lowest BCUT2D eigenvalue weighted by Gasteiger charge is -2.38. The predicted octanol–water partition coefficient (Wildman–Crippen LogP) is 3.36. The fourth-order valence-corrected chi connectivity index (χ4v) is 8.39. The van der Waals surface area contributed by atoms with Gasteiger partial charge in [-0.2, -0.15) is 0 Å². The Morgan fingerprint density at radius 3 is 2.48 bits per heavy atom. The van der Waals surface area contributed by atoms with Gasteiger partial charge in [-0.3, -0.25) is 14.4 Å². The molecule has 3 saturated heterocycles. The standard InChI is InChI=1S/C35H51N5O4/c1-6-38-17-19-39(20-18-38)15-8-16-40-31(33(42)37-27-10-7-9-23(3)25(27)5)35-14-13-28(44-35)29(30(35)34(40)43)32(41)36-26-12-11-22(2)24(4)21-26/h11-14,21,23,25,27-31H,6-10,15-20H2,1-5H3,(H,36,41)(H,37,42)/t23-,25+,27-,28+,29-,30+,31+,35+/m1/s1. The smallest absolute Gasteiger partial charge is 0.246 e. The Bertz CT molecular complexity index is 1290. The number of nitrogens with zero attached hydrogens (tertiary/aromatic N) is 3. The van der Waals surface area contributed by atoms with E-state index in [4.69, 9.17) is 4.74 Å². The number of benzene rings is 1. The molecule has 1 aromatic rings. The molecule has 1 aliphatic carbocycles. The molecule has 1 spiro atoms. The second-order valence-corrected chi connectivity index (χ2v) is 14.0. The summed E-state index contributed by atoms with van der Waals surface area (Å²) in [6, 6.07) is 5.12. The highest BCUT2D eigenvalue weighted by Crippen LogP contribution is 2.55. The number of carbonyl (C=O) groups excluding carboxylic acids is 3. The van der Waals surface area contributed by atoms with Crippen LogP contribution in [-0.4, -0.2) is 102 Å². The summed E-state index contributed by atoms with van der Waals surface area (Å²) in [5, 5.41) is 6.43. The number of carbonyl (C=O) groups is 3. The maximum atomic E-state index is 14.4. The van der Waals surface area contributed by atoms with Gasteiger partial charge in [0.2, 0.25) is 17.7 Å². The van der Waals surface area contributed by atoms with Crippen LogP contribution in [0.5, 0.6) is 0 Å². The first-order chi connectivity index (χ1) is 21.1. The first-order valence-electron chi connectivity index (χ1n) is 16.9. The lowest BCUT2D eigenvalue weighted by molar-refractivity contribution is -0.141. The Balaban J connectivity index is 1.23. The number of ether oxygens (including phenoxy) is 1. The number of rotatable bonds is 9. The van der Waals surface area contributed by atoms with Crippen LogP contribution in [0.2, 0.25) is 0 Å². The molecule has 4 fully saturated rings. The predicted molar refractivity (Wildman–Crippen MR) is 171 cm³/mol. The highest BCUT2D eigenvalue weighted by atomic mass is 16.5. The molecule has 44 heavy (non-hydrogen) atoms. The van der Waals surface area contributed by atoms with Crippen molar-refractivity contribution in [3.8, 4) is 0 Å². The van der Waals surface area contributed by atoms with Crippen molar-refractivity contribution in [3.63, 3.8) is 0 Å². The van der Waals surface area contributed by atoms with Gasteiger partial charge in [0, 0.05) is 44.5 Å². The Hall–Kier alpha value is -2.75. The molecular formula is C35H51N5O4. The number of amides is 3. The van der Waals surface area contributed by atoms with E-state index in [1.807, 2.05) is 44.2 Å². The van der Waals surface area contributed by atoms with Crippen molar-refractivity contribution in [1.29, 1.82) is 0 Å². The minimum atomic E-state index is -1.13. The molecule has 1 saturated carbocycles. The molecule has 9 heteroatoms. The van der Waals surface area contributed by atoms with E-state index in [9.17, 15) is 14.4 Å². The molecule has 5 aliphatic rings. The third-order valence-corrected chi connectivity index (χ3v) is 11.5. The first kappa shape index (κ1) is 31.2. The van der Waals surface area contributed by atoms with Crippen LogP contribution in [0.1, 0.15) is 57.6 Å². The van der Waals surface area contributed by atoms with Crippen molar-refractivity contribution < 1.29 is 19.1 Å². The van der Waals surface area contributed by atoms with Crippen LogP contribution in [0.3, 0.4) is 0 Å². The van der Waals surface area contributed by atoms with Gasteiger partial charge in [0.15, 0.2) is 0 Å². The van der Waals surface area contributed by atoms with Crippen LogP contribution in [0.25, 0.3) is 0 Å². The first-order valence-corrected chi connectivity index (χ1v) is 16.9. The third kappa shape index (κ3) is 5.60. The monoisotopic (exact) mass is 605 g/mol. The van der Waals surface area contributed by atoms with E-state index >= 15 is 0 Å². The molecule has 4 heterocycles. The van der Waals surface area contributed by atoms with Crippen LogP contribution in [0.15, 0.2) is 30.4 Å². The number of fused-ring (bicyclic) bond motifs is 1. The van der Waals surface area contributed by atoms with E-state index in [0.29, 0.717) is 24.1 Å². The molecule has 2 N–H and O–H groups in total. The number of aryl methyl sites for hydroxylation is 2. The molecular weight excluding hydrogens is 554 g/mol. The van der Waals surface area contributed by atoms with Crippen molar-refractivity contribution in [2.45, 2.75) is 84.1 Å². The van der Waals surface area contributed by atoms with Gasteiger partial charge in [-0.1, -0.05) is 51.8 Å². The van der Waals surface area contributed by atoms with Crippen LogP contribution in [0.4, 0.5) is 5.69 Å². The van der Waals surface area contributed by atoms with Gasteiger partial charge >= 0.3 is 0 Å². The summed E-state index contributed by atoms with van der Waals surface area (Å²) in [5.74, 6) is -1.04. The Morgan fingerprint density at radius 1 is 1.00 bits per heavy atom. The largest absolute Gasteiger partial charge is 0.359 e.